The van der Waals surface area contributed by atoms with E-state index in [2.05, 4.69) is 10.6 Å². The number of halogens is 1. The molecule has 1 heterocycles. The van der Waals surface area contributed by atoms with Gasteiger partial charge >= 0.3 is 0 Å². The van der Waals surface area contributed by atoms with Crippen LogP contribution < -0.4 is 10.6 Å². The number of anilines is 1. The fourth-order valence-electron chi connectivity index (χ4n) is 2.98. The molecule has 7 heteroatoms. The number of piperidine rings is 1. The summed E-state index contributed by atoms with van der Waals surface area (Å²) in [5.74, 6) is -0.367. The highest BCUT2D eigenvalue weighted by Gasteiger charge is 2.21. The van der Waals surface area contributed by atoms with Crippen molar-refractivity contribution in [2.45, 2.75) is 19.3 Å². The monoisotopic (exact) mass is 401 g/mol. The summed E-state index contributed by atoms with van der Waals surface area (Å²) < 4.78 is 0. The van der Waals surface area contributed by atoms with Crippen molar-refractivity contribution < 1.29 is 9.59 Å². The average molecular weight is 402 g/mol. The summed E-state index contributed by atoms with van der Waals surface area (Å²) in [7, 11) is 0. The van der Waals surface area contributed by atoms with E-state index >= 15 is 0 Å². The summed E-state index contributed by atoms with van der Waals surface area (Å²) in [6.45, 7) is 1.54. The zero-order valence-corrected chi connectivity index (χ0v) is 16.3. The number of amides is 2. The third-order valence-electron chi connectivity index (χ3n) is 4.38. The van der Waals surface area contributed by atoms with Crippen LogP contribution in [-0.2, 0) is 0 Å². The Morgan fingerprint density at radius 2 is 1.63 bits per heavy atom. The van der Waals surface area contributed by atoms with Crippen LogP contribution >= 0.6 is 23.8 Å². The van der Waals surface area contributed by atoms with E-state index < -0.39 is 0 Å². The minimum atomic E-state index is -0.344. The molecule has 0 aliphatic carbocycles. The minimum Gasteiger partial charge on any atom is -0.339 e. The Morgan fingerprint density at radius 1 is 0.963 bits per heavy atom. The molecule has 0 unspecified atom stereocenters. The molecule has 1 fully saturated rings. The number of carbonyl (C=O) groups excluding carboxylic acids is 2. The largest absolute Gasteiger partial charge is 0.339 e. The molecular formula is C20H20ClN3O2S. The molecule has 2 amide bonds. The summed E-state index contributed by atoms with van der Waals surface area (Å²) >= 11 is 11.1. The Balaban J connectivity index is 1.68. The van der Waals surface area contributed by atoms with E-state index in [1.165, 1.54) is 0 Å². The summed E-state index contributed by atoms with van der Waals surface area (Å²) in [6, 6.07) is 13.7. The summed E-state index contributed by atoms with van der Waals surface area (Å²) in [6.07, 6.45) is 3.21. The zero-order chi connectivity index (χ0) is 19.2. The number of likely N-dealkylation sites (tertiary alicyclic amines) is 1. The number of carbonyl (C=O) groups is 2. The highest BCUT2D eigenvalue weighted by Crippen LogP contribution is 2.20. The van der Waals surface area contributed by atoms with E-state index in [4.69, 9.17) is 23.8 Å². The molecule has 27 heavy (non-hydrogen) atoms. The zero-order valence-electron chi connectivity index (χ0n) is 14.7. The Morgan fingerprint density at radius 3 is 2.33 bits per heavy atom. The van der Waals surface area contributed by atoms with Gasteiger partial charge in [-0.25, -0.2) is 0 Å². The van der Waals surface area contributed by atoms with Crippen LogP contribution in [0.15, 0.2) is 48.5 Å². The second kappa shape index (κ2) is 8.97. The molecule has 0 atom stereocenters. The van der Waals surface area contributed by atoms with Gasteiger partial charge < -0.3 is 10.2 Å². The maximum Gasteiger partial charge on any atom is 0.257 e. The van der Waals surface area contributed by atoms with Crippen LogP contribution in [0.4, 0.5) is 5.69 Å². The van der Waals surface area contributed by atoms with Crippen molar-refractivity contribution in [3.05, 3.63) is 64.7 Å². The molecule has 140 valence electrons. The fraction of sp³-hybridized carbons (Fsp3) is 0.250. The van der Waals surface area contributed by atoms with Crippen molar-refractivity contribution in [1.29, 1.82) is 0 Å². The number of nitrogens with one attached hydrogen (secondary N) is 2. The van der Waals surface area contributed by atoms with Crippen molar-refractivity contribution in [3.63, 3.8) is 0 Å². The summed E-state index contributed by atoms with van der Waals surface area (Å²) in [5, 5.41) is 6.28. The smallest absolute Gasteiger partial charge is 0.257 e. The van der Waals surface area contributed by atoms with Gasteiger partial charge in [-0.15, -0.1) is 0 Å². The second-order valence-electron chi connectivity index (χ2n) is 6.31. The molecule has 3 rings (SSSR count). The highest BCUT2D eigenvalue weighted by molar-refractivity contribution is 7.80. The van der Waals surface area contributed by atoms with Gasteiger partial charge in [0.15, 0.2) is 5.11 Å². The van der Waals surface area contributed by atoms with Gasteiger partial charge in [-0.2, -0.15) is 0 Å². The van der Waals surface area contributed by atoms with E-state index in [-0.39, 0.29) is 16.9 Å². The lowest BCUT2D eigenvalue weighted by atomic mass is 10.1. The molecule has 0 aromatic heterocycles. The van der Waals surface area contributed by atoms with E-state index in [9.17, 15) is 9.59 Å². The lowest BCUT2D eigenvalue weighted by molar-refractivity contribution is 0.0725. The van der Waals surface area contributed by atoms with Gasteiger partial charge in [0.2, 0.25) is 0 Å². The van der Waals surface area contributed by atoms with E-state index in [1.807, 2.05) is 17.0 Å². The van der Waals surface area contributed by atoms with Crippen LogP contribution in [0.5, 0.6) is 0 Å². The Bertz CT molecular complexity index is 849. The van der Waals surface area contributed by atoms with Gasteiger partial charge in [-0.3, -0.25) is 14.9 Å². The van der Waals surface area contributed by atoms with E-state index in [0.717, 1.165) is 32.4 Å². The lowest BCUT2D eigenvalue weighted by Gasteiger charge is -2.27. The van der Waals surface area contributed by atoms with Crippen molar-refractivity contribution in [3.8, 4) is 0 Å². The number of hydrogen-bond donors (Lipinski definition) is 2. The number of benzene rings is 2. The molecule has 5 nitrogen and oxygen atoms in total. The molecule has 0 spiro atoms. The van der Waals surface area contributed by atoms with Crippen molar-refractivity contribution >= 4 is 46.4 Å². The molecular weight excluding hydrogens is 382 g/mol. The summed E-state index contributed by atoms with van der Waals surface area (Å²) in [5.41, 5.74) is 1.57. The molecule has 2 aromatic carbocycles. The van der Waals surface area contributed by atoms with Crippen LogP contribution in [0.3, 0.4) is 0 Å². The predicted molar refractivity (Wildman–Crippen MR) is 111 cm³/mol. The average Bonchev–Trinajstić information content (AvgIpc) is 2.69. The topological polar surface area (TPSA) is 61.4 Å². The summed E-state index contributed by atoms with van der Waals surface area (Å²) in [4.78, 5) is 26.9. The van der Waals surface area contributed by atoms with Crippen LogP contribution in [-0.4, -0.2) is 34.9 Å². The van der Waals surface area contributed by atoms with Crippen molar-refractivity contribution in [2.24, 2.45) is 0 Å². The Labute approximate surface area is 168 Å². The van der Waals surface area contributed by atoms with Gasteiger partial charge in [0.05, 0.1) is 11.3 Å². The SMILES string of the molecule is O=C(NC(=S)Nc1ccccc1C(=O)N1CCCCC1)c1ccc(Cl)cc1. The molecule has 1 aliphatic heterocycles. The van der Waals surface area contributed by atoms with E-state index in [0.29, 0.717) is 21.8 Å². The number of para-hydroxylation sites is 1. The highest BCUT2D eigenvalue weighted by atomic mass is 35.5. The van der Waals surface area contributed by atoms with Crippen molar-refractivity contribution in [1.82, 2.24) is 10.2 Å². The van der Waals surface area contributed by atoms with Gasteiger partial charge in [-0.05, 0) is 67.9 Å². The molecule has 1 saturated heterocycles. The predicted octanol–water partition coefficient (Wildman–Crippen LogP) is 4.09. The van der Waals surface area contributed by atoms with Gasteiger partial charge in [-0.1, -0.05) is 23.7 Å². The second-order valence-corrected chi connectivity index (χ2v) is 7.16. The maximum absolute atomic E-state index is 12.8. The Hall–Kier alpha value is -2.44. The minimum absolute atomic E-state index is 0.0235. The van der Waals surface area contributed by atoms with Crippen molar-refractivity contribution in [2.75, 3.05) is 18.4 Å². The number of rotatable bonds is 3. The molecule has 0 bridgehead atoms. The van der Waals surface area contributed by atoms with Crippen LogP contribution in [0.2, 0.25) is 5.02 Å². The van der Waals surface area contributed by atoms with Gasteiger partial charge in [0.25, 0.3) is 11.8 Å². The van der Waals surface area contributed by atoms with Crippen LogP contribution in [0, 0.1) is 0 Å². The number of nitrogens with zero attached hydrogens (tertiary/aromatic N) is 1. The lowest BCUT2D eigenvalue weighted by Crippen LogP contribution is -2.37. The number of thiocarbonyl (C=S) groups is 1. The van der Waals surface area contributed by atoms with E-state index in [1.54, 1.807) is 36.4 Å². The third kappa shape index (κ3) is 5.05. The first kappa shape index (κ1) is 19.3. The molecule has 0 radical (unpaired) electrons. The Kier molecular flexibility index (Phi) is 6.42. The quantitative estimate of drug-likeness (QED) is 0.760. The molecule has 2 aromatic rings. The third-order valence-corrected chi connectivity index (χ3v) is 4.84. The van der Waals surface area contributed by atoms with Gasteiger partial charge in [0.1, 0.15) is 0 Å². The fourth-order valence-corrected chi connectivity index (χ4v) is 3.30. The van der Waals surface area contributed by atoms with Crippen LogP contribution in [0.1, 0.15) is 40.0 Å². The maximum atomic E-state index is 12.8. The standard InChI is InChI=1S/C20H20ClN3O2S/c21-15-10-8-14(9-11-15)18(25)23-20(27)22-17-7-3-2-6-16(17)19(26)24-12-4-1-5-13-24/h2-3,6-11H,1,4-5,12-13H2,(H2,22,23,25,27). The molecule has 1 aliphatic rings. The van der Waals surface area contributed by atoms with Gasteiger partial charge in [0, 0.05) is 23.7 Å². The van der Waals surface area contributed by atoms with Crippen LogP contribution in [0.25, 0.3) is 0 Å². The molecule has 0 saturated carbocycles. The first-order valence-corrected chi connectivity index (χ1v) is 9.59. The first-order chi connectivity index (χ1) is 13.0. The first-order valence-electron chi connectivity index (χ1n) is 8.81. The number of hydrogen-bond acceptors (Lipinski definition) is 3. The normalized spacial score (nSPS) is 13.7. The molecule has 2 N–H and O–H groups in total.